The molecule has 0 spiro atoms. The fraction of sp³-hybridized carbons (Fsp3) is 0.583. The van der Waals surface area contributed by atoms with Gasteiger partial charge in [0.2, 0.25) is 11.8 Å². The molecule has 34 heavy (non-hydrogen) atoms. The summed E-state index contributed by atoms with van der Waals surface area (Å²) in [5.41, 5.74) is 0.935. The first-order chi connectivity index (χ1) is 16.4. The summed E-state index contributed by atoms with van der Waals surface area (Å²) in [6.45, 7) is 2.17. The van der Waals surface area contributed by atoms with E-state index >= 15 is 0 Å². The maximum atomic E-state index is 12.6. The molecule has 1 aromatic carbocycles. The van der Waals surface area contributed by atoms with Crippen LogP contribution in [0, 0.1) is 5.92 Å². The summed E-state index contributed by atoms with van der Waals surface area (Å²) in [7, 11) is 0. The average Bonchev–Trinajstić information content (AvgIpc) is 2.86. The fourth-order valence-corrected chi connectivity index (χ4v) is 4.15. The molecule has 0 aliphatic carbocycles. The van der Waals surface area contributed by atoms with Crippen LogP contribution in [0.3, 0.4) is 0 Å². The van der Waals surface area contributed by atoms with Crippen molar-refractivity contribution in [2.24, 2.45) is 5.92 Å². The molecule has 2 fully saturated rings. The van der Waals surface area contributed by atoms with E-state index in [4.69, 9.17) is 14.6 Å². The Kier molecular flexibility index (Phi) is 9.69. The minimum absolute atomic E-state index is 0.0591. The number of carbonyl (C=O) groups excluding carboxylic acids is 3. The van der Waals surface area contributed by atoms with E-state index in [0.29, 0.717) is 51.9 Å². The van der Waals surface area contributed by atoms with Gasteiger partial charge in [0.15, 0.2) is 0 Å². The van der Waals surface area contributed by atoms with Crippen LogP contribution in [-0.2, 0) is 30.5 Å². The second-order valence-electron chi connectivity index (χ2n) is 8.65. The summed E-state index contributed by atoms with van der Waals surface area (Å²) in [6, 6.07) is 9.51. The van der Waals surface area contributed by atoms with Gasteiger partial charge in [0.1, 0.15) is 13.2 Å². The van der Waals surface area contributed by atoms with Gasteiger partial charge in [-0.1, -0.05) is 30.3 Å². The van der Waals surface area contributed by atoms with Crippen LogP contribution in [0.2, 0.25) is 0 Å². The summed E-state index contributed by atoms with van der Waals surface area (Å²) in [6.07, 6.45) is 2.05. The van der Waals surface area contributed by atoms with Gasteiger partial charge in [-0.3, -0.25) is 14.4 Å². The summed E-state index contributed by atoms with van der Waals surface area (Å²) in [4.78, 5) is 51.0. The third kappa shape index (κ3) is 8.02. The van der Waals surface area contributed by atoms with Gasteiger partial charge >= 0.3 is 12.1 Å². The molecule has 0 aromatic heterocycles. The molecule has 3 rings (SSSR count). The number of piperidine rings is 2. The molecule has 1 aromatic rings. The Morgan fingerprint density at radius 2 is 1.74 bits per heavy atom. The molecule has 10 nitrogen and oxygen atoms in total. The molecule has 2 N–H and O–H groups in total. The van der Waals surface area contributed by atoms with Crippen molar-refractivity contribution in [1.82, 2.24) is 15.1 Å². The smallest absolute Gasteiger partial charge is 0.410 e. The molecule has 2 heterocycles. The summed E-state index contributed by atoms with van der Waals surface area (Å²) >= 11 is 0. The molecule has 3 amide bonds. The first-order valence-electron chi connectivity index (χ1n) is 11.8. The topological polar surface area (TPSA) is 125 Å². The van der Waals surface area contributed by atoms with Gasteiger partial charge in [0.25, 0.3) is 0 Å². The molecule has 2 aliphatic rings. The van der Waals surface area contributed by atoms with Gasteiger partial charge in [-0.2, -0.15) is 0 Å². The highest BCUT2D eigenvalue weighted by Gasteiger charge is 2.30. The van der Waals surface area contributed by atoms with Crippen molar-refractivity contribution >= 4 is 23.9 Å². The monoisotopic (exact) mass is 475 g/mol. The lowest BCUT2D eigenvalue weighted by atomic mass is 9.97. The van der Waals surface area contributed by atoms with E-state index in [-0.39, 0.29) is 56.1 Å². The van der Waals surface area contributed by atoms with Crippen LogP contribution in [0.15, 0.2) is 30.3 Å². The van der Waals surface area contributed by atoms with E-state index in [1.54, 1.807) is 9.80 Å². The average molecular weight is 476 g/mol. The number of carboxylic acids is 1. The number of benzene rings is 1. The molecule has 2 saturated heterocycles. The van der Waals surface area contributed by atoms with Crippen LogP contribution in [0.1, 0.15) is 37.7 Å². The van der Waals surface area contributed by atoms with Gasteiger partial charge in [-0.25, -0.2) is 4.79 Å². The number of likely N-dealkylation sites (tertiary alicyclic amines) is 2. The van der Waals surface area contributed by atoms with Crippen LogP contribution in [0.4, 0.5) is 4.79 Å². The van der Waals surface area contributed by atoms with Crippen molar-refractivity contribution in [3.05, 3.63) is 35.9 Å². The zero-order valence-corrected chi connectivity index (χ0v) is 19.3. The lowest BCUT2D eigenvalue weighted by Crippen LogP contribution is -2.47. The lowest BCUT2D eigenvalue weighted by Gasteiger charge is -2.34. The number of carboxylic acid groups (broad SMARTS) is 1. The van der Waals surface area contributed by atoms with Gasteiger partial charge in [-0.05, 0) is 31.2 Å². The number of amides is 3. The number of aliphatic carboxylic acids is 1. The molecule has 10 heteroatoms. The number of nitrogens with zero attached hydrogens (tertiary/aromatic N) is 2. The Hall–Kier alpha value is -3.14. The van der Waals surface area contributed by atoms with Crippen LogP contribution in [0.5, 0.6) is 0 Å². The highest BCUT2D eigenvalue weighted by molar-refractivity contribution is 5.82. The minimum Gasteiger partial charge on any atom is -0.481 e. The zero-order chi connectivity index (χ0) is 24.3. The van der Waals surface area contributed by atoms with Gasteiger partial charge in [-0.15, -0.1) is 0 Å². The van der Waals surface area contributed by atoms with Crippen molar-refractivity contribution in [2.75, 3.05) is 39.3 Å². The van der Waals surface area contributed by atoms with Crippen LogP contribution >= 0.6 is 0 Å². The number of ether oxygens (including phenoxy) is 2. The quantitative estimate of drug-likeness (QED) is 0.556. The third-order valence-electron chi connectivity index (χ3n) is 6.13. The zero-order valence-electron chi connectivity index (χ0n) is 19.3. The summed E-state index contributed by atoms with van der Waals surface area (Å²) in [5.74, 6) is -1.68. The van der Waals surface area contributed by atoms with E-state index in [0.717, 1.165) is 5.56 Å². The number of hydrogen-bond donors (Lipinski definition) is 2. The van der Waals surface area contributed by atoms with E-state index < -0.39 is 5.97 Å². The van der Waals surface area contributed by atoms with E-state index in [1.165, 1.54) is 0 Å². The highest BCUT2D eigenvalue weighted by atomic mass is 16.6. The molecule has 0 saturated carbocycles. The Balaban J connectivity index is 1.33. The standard InChI is InChI=1S/C24H33N3O7/c28-21(27-12-4-7-19(15-27)23(31)25-11-8-22(29)30)17-33-20-9-13-26(14-10-20)24(32)34-16-18-5-2-1-3-6-18/h1-3,5-6,19-20H,4,7-17H2,(H,25,31)(H,29,30). The maximum absolute atomic E-state index is 12.6. The molecule has 1 atom stereocenters. The number of rotatable bonds is 9. The number of carbonyl (C=O) groups is 4. The summed E-state index contributed by atoms with van der Waals surface area (Å²) < 4.78 is 11.2. The molecular formula is C24H33N3O7. The Labute approximate surface area is 199 Å². The Bertz CT molecular complexity index is 840. The number of nitrogens with one attached hydrogen (secondary N) is 1. The Morgan fingerprint density at radius 1 is 1.00 bits per heavy atom. The van der Waals surface area contributed by atoms with E-state index in [2.05, 4.69) is 5.32 Å². The Morgan fingerprint density at radius 3 is 2.44 bits per heavy atom. The van der Waals surface area contributed by atoms with Crippen LogP contribution < -0.4 is 5.32 Å². The summed E-state index contributed by atoms with van der Waals surface area (Å²) in [5, 5.41) is 11.3. The van der Waals surface area contributed by atoms with Crippen LogP contribution in [0.25, 0.3) is 0 Å². The molecular weight excluding hydrogens is 442 g/mol. The minimum atomic E-state index is -0.965. The predicted octanol–water partition coefficient (Wildman–Crippen LogP) is 1.63. The van der Waals surface area contributed by atoms with Crippen molar-refractivity contribution in [2.45, 2.75) is 44.8 Å². The second-order valence-corrected chi connectivity index (χ2v) is 8.65. The molecule has 0 bridgehead atoms. The van der Waals surface area contributed by atoms with E-state index in [9.17, 15) is 19.2 Å². The first kappa shape index (κ1) is 25.5. The largest absolute Gasteiger partial charge is 0.481 e. The van der Waals surface area contributed by atoms with E-state index in [1.807, 2.05) is 30.3 Å². The lowest BCUT2D eigenvalue weighted by molar-refractivity contribution is -0.142. The molecule has 1 unspecified atom stereocenters. The predicted molar refractivity (Wildman–Crippen MR) is 122 cm³/mol. The number of hydrogen-bond acceptors (Lipinski definition) is 6. The van der Waals surface area contributed by atoms with Crippen molar-refractivity contribution in [1.29, 1.82) is 0 Å². The van der Waals surface area contributed by atoms with Gasteiger partial charge < -0.3 is 29.7 Å². The SMILES string of the molecule is O=C(O)CCNC(=O)C1CCCN(C(=O)COC2CCN(C(=O)OCc3ccccc3)CC2)C1. The van der Waals surface area contributed by atoms with Crippen molar-refractivity contribution < 1.29 is 33.8 Å². The molecule has 186 valence electrons. The van der Waals surface area contributed by atoms with Crippen molar-refractivity contribution in [3.8, 4) is 0 Å². The van der Waals surface area contributed by atoms with Crippen LogP contribution in [-0.4, -0.2) is 84.2 Å². The fourth-order valence-electron chi connectivity index (χ4n) is 4.15. The van der Waals surface area contributed by atoms with Gasteiger partial charge in [0.05, 0.1) is 18.4 Å². The van der Waals surface area contributed by atoms with Crippen molar-refractivity contribution in [3.63, 3.8) is 0 Å². The molecule has 0 radical (unpaired) electrons. The second kappa shape index (κ2) is 12.9. The maximum Gasteiger partial charge on any atom is 0.410 e. The first-order valence-corrected chi connectivity index (χ1v) is 11.8. The third-order valence-corrected chi connectivity index (χ3v) is 6.13. The van der Waals surface area contributed by atoms with Gasteiger partial charge in [0, 0.05) is 32.7 Å². The normalized spacial score (nSPS) is 18.9. The molecule has 2 aliphatic heterocycles. The highest BCUT2D eigenvalue weighted by Crippen LogP contribution is 2.19.